The summed E-state index contributed by atoms with van der Waals surface area (Å²) in [5, 5.41) is 12.8. The van der Waals surface area contributed by atoms with Crippen LogP contribution in [-0.2, 0) is 11.3 Å². The molecule has 2 heterocycles. The first-order chi connectivity index (χ1) is 9.47. The number of aliphatic carboxylic acids is 1. The lowest BCUT2D eigenvalue weighted by atomic mass is 9.99. The number of hydrogen-bond acceptors (Lipinski definition) is 4. The van der Waals surface area contributed by atoms with Crippen molar-refractivity contribution >= 4 is 11.7 Å². The predicted octanol–water partition coefficient (Wildman–Crippen LogP) is 1.12. The van der Waals surface area contributed by atoms with Crippen LogP contribution in [0, 0.1) is 5.92 Å². The number of carboxylic acid groups (broad SMARTS) is 1. The molecule has 0 amide bonds. The fourth-order valence-electron chi connectivity index (χ4n) is 2.23. The van der Waals surface area contributed by atoms with Crippen LogP contribution in [0.15, 0.2) is 29.2 Å². The smallest absolute Gasteiger partial charge is 0.332 e. The minimum Gasteiger partial charge on any atom is -0.478 e. The van der Waals surface area contributed by atoms with Crippen molar-refractivity contribution in [1.82, 2.24) is 9.78 Å². The SMILES string of the molecule is C=C(Cn1ncc(N2CCC(C)CC2)cc1=O)C(=O)O. The van der Waals surface area contributed by atoms with Crippen molar-refractivity contribution < 1.29 is 9.90 Å². The molecule has 1 N–H and O–H groups in total. The van der Waals surface area contributed by atoms with E-state index in [4.69, 9.17) is 5.11 Å². The number of piperidine rings is 1. The van der Waals surface area contributed by atoms with E-state index in [2.05, 4.69) is 23.5 Å². The molecule has 1 aromatic heterocycles. The van der Waals surface area contributed by atoms with E-state index in [1.165, 1.54) is 6.07 Å². The van der Waals surface area contributed by atoms with Crippen LogP contribution in [0.5, 0.6) is 0 Å². The van der Waals surface area contributed by atoms with E-state index in [0.717, 1.165) is 42.2 Å². The molecule has 2 rings (SSSR count). The molecule has 1 aliphatic heterocycles. The molecule has 1 fully saturated rings. The lowest BCUT2D eigenvalue weighted by Gasteiger charge is -2.31. The Hall–Kier alpha value is -2.11. The van der Waals surface area contributed by atoms with Gasteiger partial charge in [0.2, 0.25) is 0 Å². The van der Waals surface area contributed by atoms with Gasteiger partial charge in [-0.15, -0.1) is 0 Å². The Balaban J connectivity index is 2.12. The highest BCUT2D eigenvalue weighted by atomic mass is 16.4. The summed E-state index contributed by atoms with van der Waals surface area (Å²) in [6.45, 7) is 7.39. The molecule has 108 valence electrons. The molecule has 1 aliphatic rings. The maximum Gasteiger partial charge on any atom is 0.332 e. The summed E-state index contributed by atoms with van der Waals surface area (Å²) in [4.78, 5) is 24.8. The van der Waals surface area contributed by atoms with E-state index in [9.17, 15) is 9.59 Å². The summed E-state index contributed by atoms with van der Waals surface area (Å²) >= 11 is 0. The fourth-order valence-corrected chi connectivity index (χ4v) is 2.23. The molecule has 20 heavy (non-hydrogen) atoms. The highest BCUT2D eigenvalue weighted by molar-refractivity contribution is 5.85. The van der Waals surface area contributed by atoms with Gasteiger partial charge in [0.1, 0.15) is 0 Å². The van der Waals surface area contributed by atoms with Crippen molar-refractivity contribution in [2.45, 2.75) is 26.3 Å². The maximum absolute atomic E-state index is 11.9. The molecule has 0 atom stereocenters. The van der Waals surface area contributed by atoms with Crippen molar-refractivity contribution in [1.29, 1.82) is 0 Å². The zero-order valence-corrected chi connectivity index (χ0v) is 11.6. The molecule has 6 heteroatoms. The van der Waals surface area contributed by atoms with E-state index < -0.39 is 5.97 Å². The predicted molar refractivity (Wildman–Crippen MR) is 75.9 cm³/mol. The number of carbonyl (C=O) groups is 1. The van der Waals surface area contributed by atoms with Crippen molar-refractivity contribution in [3.63, 3.8) is 0 Å². The third-order valence-corrected chi connectivity index (χ3v) is 3.65. The van der Waals surface area contributed by atoms with Crippen LogP contribution in [0.4, 0.5) is 5.69 Å². The molecule has 1 saturated heterocycles. The second-order valence-corrected chi connectivity index (χ2v) is 5.29. The molecule has 0 spiro atoms. The molecule has 0 aliphatic carbocycles. The monoisotopic (exact) mass is 277 g/mol. The lowest BCUT2D eigenvalue weighted by Crippen LogP contribution is -2.34. The Labute approximate surface area is 117 Å². The van der Waals surface area contributed by atoms with Crippen LogP contribution in [0.25, 0.3) is 0 Å². The second kappa shape index (κ2) is 5.90. The average molecular weight is 277 g/mol. The van der Waals surface area contributed by atoms with Crippen molar-refractivity contribution in [2.24, 2.45) is 5.92 Å². The van der Waals surface area contributed by atoms with E-state index in [1.54, 1.807) is 6.20 Å². The average Bonchev–Trinajstić information content (AvgIpc) is 2.41. The lowest BCUT2D eigenvalue weighted by molar-refractivity contribution is -0.132. The fraction of sp³-hybridized carbons (Fsp3) is 0.500. The summed E-state index contributed by atoms with van der Waals surface area (Å²) in [6, 6.07) is 1.51. The van der Waals surface area contributed by atoms with Gasteiger partial charge in [-0.1, -0.05) is 13.5 Å². The van der Waals surface area contributed by atoms with Crippen molar-refractivity contribution in [3.05, 3.63) is 34.8 Å². The van der Waals surface area contributed by atoms with Gasteiger partial charge in [-0.3, -0.25) is 4.79 Å². The summed E-state index contributed by atoms with van der Waals surface area (Å²) in [5.74, 6) is -0.397. The molecule has 0 aromatic carbocycles. The quantitative estimate of drug-likeness (QED) is 0.835. The molecular weight excluding hydrogens is 258 g/mol. The number of carboxylic acids is 1. The molecule has 0 unspecified atom stereocenters. The molecule has 6 nitrogen and oxygen atoms in total. The normalized spacial score (nSPS) is 16.1. The second-order valence-electron chi connectivity index (χ2n) is 5.29. The van der Waals surface area contributed by atoms with Crippen LogP contribution in [0.3, 0.4) is 0 Å². The summed E-state index contributed by atoms with van der Waals surface area (Å²) < 4.78 is 1.12. The first kappa shape index (κ1) is 14.3. The van der Waals surface area contributed by atoms with Crippen LogP contribution in [0.1, 0.15) is 19.8 Å². The Bertz CT molecular complexity index is 571. The van der Waals surface area contributed by atoms with Gasteiger partial charge in [0, 0.05) is 19.2 Å². The molecule has 0 saturated carbocycles. The molecule has 0 bridgehead atoms. The Morgan fingerprint density at radius 1 is 1.50 bits per heavy atom. The standard InChI is InChI=1S/C14H19N3O3/c1-10-3-5-16(6-4-10)12-7-13(18)17(15-8-12)9-11(2)14(19)20/h7-8,10H,2-6,9H2,1H3,(H,19,20). The first-order valence-corrected chi connectivity index (χ1v) is 6.70. The van der Waals surface area contributed by atoms with Gasteiger partial charge in [-0.25, -0.2) is 9.48 Å². The van der Waals surface area contributed by atoms with Crippen LogP contribution < -0.4 is 10.5 Å². The van der Waals surface area contributed by atoms with Gasteiger partial charge in [-0.05, 0) is 18.8 Å². The van der Waals surface area contributed by atoms with Gasteiger partial charge in [-0.2, -0.15) is 5.10 Å². The number of anilines is 1. The molecule has 0 radical (unpaired) electrons. The summed E-state index contributed by atoms with van der Waals surface area (Å²) in [5.41, 5.74) is 0.446. The Morgan fingerprint density at radius 3 is 2.70 bits per heavy atom. The van der Waals surface area contributed by atoms with E-state index in [-0.39, 0.29) is 17.7 Å². The van der Waals surface area contributed by atoms with E-state index >= 15 is 0 Å². The number of hydrogen-bond donors (Lipinski definition) is 1. The highest BCUT2D eigenvalue weighted by Gasteiger charge is 2.17. The Morgan fingerprint density at radius 2 is 2.15 bits per heavy atom. The minimum absolute atomic E-state index is 0.0563. The number of rotatable bonds is 4. The first-order valence-electron chi connectivity index (χ1n) is 6.70. The van der Waals surface area contributed by atoms with Gasteiger partial charge in [0.15, 0.2) is 0 Å². The van der Waals surface area contributed by atoms with E-state index in [1.807, 2.05) is 0 Å². The largest absolute Gasteiger partial charge is 0.478 e. The molecule has 1 aromatic rings. The highest BCUT2D eigenvalue weighted by Crippen LogP contribution is 2.20. The third kappa shape index (κ3) is 3.26. The van der Waals surface area contributed by atoms with E-state index in [0.29, 0.717) is 0 Å². The number of aromatic nitrogens is 2. The maximum atomic E-state index is 11.9. The third-order valence-electron chi connectivity index (χ3n) is 3.65. The van der Waals surface area contributed by atoms with Crippen LogP contribution >= 0.6 is 0 Å². The topological polar surface area (TPSA) is 75.4 Å². The summed E-state index contributed by atoms with van der Waals surface area (Å²) in [6.07, 6.45) is 3.84. The van der Waals surface area contributed by atoms with Gasteiger partial charge >= 0.3 is 5.97 Å². The van der Waals surface area contributed by atoms with Gasteiger partial charge in [0.25, 0.3) is 5.56 Å². The Kier molecular flexibility index (Phi) is 4.22. The van der Waals surface area contributed by atoms with Crippen LogP contribution in [-0.4, -0.2) is 33.9 Å². The van der Waals surface area contributed by atoms with Crippen molar-refractivity contribution in [3.8, 4) is 0 Å². The van der Waals surface area contributed by atoms with Gasteiger partial charge < -0.3 is 10.0 Å². The minimum atomic E-state index is -1.12. The number of nitrogens with zero attached hydrogens (tertiary/aromatic N) is 3. The molecular formula is C14H19N3O3. The zero-order chi connectivity index (χ0) is 14.7. The summed E-state index contributed by atoms with van der Waals surface area (Å²) in [7, 11) is 0. The van der Waals surface area contributed by atoms with Crippen LogP contribution in [0.2, 0.25) is 0 Å². The van der Waals surface area contributed by atoms with Crippen molar-refractivity contribution in [2.75, 3.05) is 18.0 Å². The van der Waals surface area contributed by atoms with Gasteiger partial charge in [0.05, 0.1) is 24.0 Å². The zero-order valence-electron chi connectivity index (χ0n) is 11.6.